The van der Waals surface area contributed by atoms with Crippen molar-refractivity contribution in [3.63, 3.8) is 0 Å². The lowest BCUT2D eigenvalue weighted by Gasteiger charge is -2.37. The van der Waals surface area contributed by atoms with Crippen LogP contribution in [-0.4, -0.2) is 24.5 Å². The van der Waals surface area contributed by atoms with Crippen LogP contribution in [-0.2, 0) is 0 Å². The molecule has 1 unspecified atom stereocenters. The molecule has 0 spiro atoms. The molecule has 0 saturated carbocycles. The van der Waals surface area contributed by atoms with Gasteiger partial charge >= 0.3 is 0 Å². The molecule has 21 heavy (non-hydrogen) atoms. The van der Waals surface area contributed by atoms with Crippen LogP contribution in [0.25, 0.3) is 0 Å². The Morgan fingerprint density at radius 2 is 1.52 bits per heavy atom. The second-order valence-corrected chi connectivity index (χ2v) is 6.86. The quantitative estimate of drug-likeness (QED) is 0.681. The summed E-state index contributed by atoms with van der Waals surface area (Å²) in [4.78, 5) is 2.61. The third kappa shape index (κ3) is 6.19. The van der Waals surface area contributed by atoms with Crippen LogP contribution < -0.4 is 5.73 Å². The predicted molar refractivity (Wildman–Crippen MR) is 93.4 cm³/mol. The van der Waals surface area contributed by atoms with Crippen molar-refractivity contribution >= 4 is 0 Å². The third-order valence-electron chi connectivity index (χ3n) is 4.29. The Morgan fingerprint density at radius 1 is 1.00 bits per heavy atom. The Hall–Kier alpha value is -0.860. The van der Waals surface area contributed by atoms with Gasteiger partial charge in [-0.3, -0.25) is 0 Å². The summed E-state index contributed by atoms with van der Waals surface area (Å²) in [6.07, 6.45) is 5.07. The summed E-state index contributed by atoms with van der Waals surface area (Å²) in [7, 11) is 0. The summed E-state index contributed by atoms with van der Waals surface area (Å²) in [5.74, 6) is 0. The molecule has 0 aromatic heterocycles. The monoisotopic (exact) mass is 290 g/mol. The van der Waals surface area contributed by atoms with Gasteiger partial charge in [-0.05, 0) is 36.9 Å². The van der Waals surface area contributed by atoms with Gasteiger partial charge < -0.3 is 10.6 Å². The molecule has 0 aliphatic heterocycles. The summed E-state index contributed by atoms with van der Waals surface area (Å²) < 4.78 is 0. The largest absolute Gasteiger partial charge is 0.323 e. The van der Waals surface area contributed by atoms with Crippen molar-refractivity contribution in [1.82, 2.24) is 4.90 Å². The maximum absolute atomic E-state index is 6.55. The SMILES string of the molecule is CCCCN(CCCC)CC(C)(C)C(N)c1ccccc1. The Morgan fingerprint density at radius 3 is 2.00 bits per heavy atom. The lowest BCUT2D eigenvalue weighted by atomic mass is 9.80. The molecule has 2 heteroatoms. The summed E-state index contributed by atoms with van der Waals surface area (Å²) in [6, 6.07) is 10.6. The highest BCUT2D eigenvalue weighted by atomic mass is 15.1. The first-order valence-electron chi connectivity index (χ1n) is 8.54. The molecule has 2 N–H and O–H groups in total. The van der Waals surface area contributed by atoms with Gasteiger partial charge in [0.1, 0.15) is 0 Å². The fourth-order valence-corrected chi connectivity index (χ4v) is 2.82. The van der Waals surface area contributed by atoms with Crippen molar-refractivity contribution in [1.29, 1.82) is 0 Å². The van der Waals surface area contributed by atoms with E-state index in [0.29, 0.717) is 0 Å². The topological polar surface area (TPSA) is 29.3 Å². The van der Waals surface area contributed by atoms with Gasteiger partial charge in [0.25, 0.3) is 0 Å². The van der Waals surface area contributed by atoms with Crippen molar-refractivity contribution in [2.45, 2.75) is 59.4 Å². The van der Waals surface area contributed by atoms with Gasteiger partial charge in [0.05, 0.1) is 0 Å². The van der Waals surface area contributed by atoms with Crippen LogP contribution in [0, 0.1) is 5.41 Å². The van der Waals surface area contributed by atoms with Crippen molar-refractivity contribution < 1.29 is 0 Å². The highest BCUT2D eigenvalue weighted by molar-refractivity contribution is 5.20. The van der Waals surface area contributed by atoms with Crippen molar-refractivity contribution in [3.8, 4) is 0 Å². The van der Waals surface area contributed by atoms with Gasteiger partial charge in [-0.15, -0.1) is 0 Å². The fraction of sp³-hybridized carbons (Fsp3) is 0.684. The highest BCUT2D eigenvalue weighted by Gasteiger charge is 2.29. The van der Waals surface area contributed by atoms with Crippen LogP contribution in [0.3, 0.4) is 0 Å². The summed E-state index contributed by atoms with van der Waals surface area (Å²) in [6.45, 7) is 12.6. The molecule has 1 aromatic rings. The average molecular weight is 290 g/mol. The minimum atomic E-state index is 0.0861. The number of nitrogens with two attached hydrogens (primary N) is 1. The van der Waals surface area contributed by atoms with Crippen molar-refractivity contribution in [2.75, 3.05) is 19.6 Å². The Labute approximate surface area is 131 Å². The van der Waals surface area contributed by atoms with E-state index < -0.39 is 0 Å². The number of hydrogen-bond acceptors (Lipinski definition) is 2. The third-order valence-corrected chi connectivity index (χ3v) is 4.29. The van der Waals surface area contributed by atoms with Crippen LogP contribution >= 0.6 is 0 Å². The van der Waals surface area contributed by atoms with Gasteiger partial charge in [0.15, 0.2) is 0 Å². The molecule has 1 rings (SSSR count). The lowest BCUT2D eigenvalue weighted by Crippen LogP contribution is -2.41. The normalized spacial score (nSPS) is 13.6. The van der Waals surface area contributed by atoms with E-state index in [1.54, 1.807) is 0 Å². The summed E-state index contributed by atoms with van der Waals surface area (Å²) in [5, 5.41) is 0. The maximum atomic E-state index is 6.55. The number of benzene rings is 1. The first kappa shape index (κ1) is 18.2. The van der Waals surface area contributed by atoms with Crippen LogP contribution in [0.15, 0.2) is 30.3 Å². The minimum Gasteiger partial charge on any atom is -0.323 e. The summed E-state index contributed by atoms with van der Waals surface area (Å²) in [5.41, 5.74) is 7.88. The molecule has 1 aromatic carbocycles. The lowest BCUT2D eigenvalue weighted by molar-refractivity contribution is 0.148. The first-order valence-corrected chi connectivity index (χ1v) is 8.54. The van der Waals surface area contributed by atoms with Gasteiger partial charge in [0.2, 0.25) is 0 Å². The second-order valence-electron chi connectivity index (χ2n) is 6.86. The smallest absolute Gasteiger partial charge is 0.0359 e. The van der Waals surface area contributed by atoms with E-state index in [9.17, 15) is 0 Å². The van der Waals surface area contributed by atoms with E-state index in [-0.39, 0.29) is 11.5 Å². The van der Waals surface area contributed by atoms with E-state index >= 15 is 0 Å². The molecule has 0 amide bonds. The molecule has 0 radical (unpaired) electrons. The Kier molecular flexibility index (Phi) is 7.98. The molecule has 0 aliphatic rings. The molecular weight excluding hydrogens is 256 g/mol. The molecule has 0 heterocycles. The molecule has 0 fully saturated rings. The number of nitrogens with zero attached hydrogens (tertiary/aromatic N) is 1. The molecule has 0 aliphatic carbocycles. The van der Waals surface area contributed by atoms with Gasteiger partial charge in [-0.2, -0.15) is 0 Å². The van der Waals surface area contributed by atoms with Crippen molar-refractivity contribution in [2.24, 2.45) is 11.1 Å². The van der Waals surface area contributed by atoms with E-state index in [4.69, 9.17) is 5.73 Å². The Bertz CT molecular complexity index is 364. The second kappa shape index (κ2) is 9.22. The van der Waals surface area contributed by atoms with Crippen molar-refractivity contribution in [3.05, 3.63) is 35.9 Å². The van der Waals surface area contributed by atoms with Gasteiger partial charge in [-0.25, -0.2) is 0 Å². The number of unbranched alkanes of at least 4 members (excludes halogenated alkanes) is 2. The number of rotatable bonds is 10. The van der Waals surface area contributed by atoms with E-state index in [2.05, 4.69) is 62.9 Å². The van der Waals surface area contributed by atoms with E-state index in [0.717, 1.165) is 6.54 Å². The highest BCUT2D eigenvalue weighted by Crippen LogP contribution is 2.32. The molecular formula is C19H34N2. The van der Waals surface area contributed by atoms with Gasteiger partial charge in [0, 0.05) is 12.6 Å². The zero-order chi connectivity index (χ0) is 15.7. The van der Waals surface area contributed by atoms with Crippen LogP contribution in [0.4, 0.5) is 0 Å². The molecule has 120 valence electrons. The average Bonchev–Trinajstić information content (AvgIpc) is 2.49. The van der Waals surface area contributed by atoms with E-state index in [1.807, 2.05) is 0 Å². The molecule has 0 saturated heterocycles. The maximum Gasteiger partial charge on any atom is 0.0359 e. The predicted octanol–water partition coefficient (Wildman–Crippen LogP) is 4.61. The standard InChI is InChI=1S/C19H34N2/c1-5-7-14-21(15-8-6-2)16-19(3,4)18(20)17-12-10-9-11-13-17/h9-13,18H,5-8,14-16,20H2,1-4H3. The van der Waals surface area contributed by atoms with E-state index in [1.165, 1.54) is 44.3 Å². The first-order chi connectivity index (χ1) is 10.0. The summed E-state index contributed by atoms with van der Waals surface area (Å²) >= 11 is 0. The zero-order valence-electron chi connectivity index (χ0n) is 14.4. The van der Waals surface area contributed by atoms with Crippen LogP contribution in [0.5, 0.6) is 0 Å². The molecule has 1 atom stereocenters. The Balaban J connectivity index is 2.69. The molecule has 0 bridgehead atoms. The number of hydrogen-bond donors (Lipinski definition) is 1. The minimum absolute atomic E-state index is 0.0861. The zero-order valence-corrected chi connectivity index (χ0v) is 14.4. The fourth-order valence-electron chi connectivity index (χ4n) is 2.82. The van der Waals surface area contributed by atoms with Crippen LogP contribution in [0.1, 0.15) is 65.0 Å². The van der Waals surface area contributed by atoms with Crippen LogP contribution in [0.2, 0.25) is 0 Å². The molecule has 2 nitrogen and oxygen atoms in total. The van der Waals surface area contributed by atoms with Gasteiger partial charge in [-0.1, -0.05) is 70.9 Å².